The van der Waals surface area contributed by atoms with Gasteiger partial charge in [0.15, 0.2) is 5.96 Å². The molecule has 5 nitrogen and oxygen atoms in total. The maximum atomic E-state index is 11.8. The summed E-state index contributed by atoms with van der Waals surface area (Å²) in [5, 5.41) is 5.42. The van der Waals surface area contributed by atoms with E-state index in [1.807, 2.05) is 6.92 Å². The van der Waals surface area contributed by atoms with Crippen LogP contribution in [-0.4, -0.2) is 43.1 Å². The average molecular weight is 402 g/mol. The lowest BCUT2D eigenvalue weighted by Crippen LogP contribution is -2.46. The van der Waals surface area contributed by atoms with E-state index < -0.39 is 0 Å². The van der Waals surface area contributed by atoms with Crippen molar-refractivity contribution in [2.24, 2.45) is 10.9 Å². The molecule has 2 heterocycles. The van der Waals surface area contributed by atoms with Crippen LogP contribution >= 0.6 is 27.3 Å². The Labute approximate surface area is 150 Å². The Morgan fingerprint density at radius 2 is 2.22 bits per heavy atom. The van der Waals surface area contributed by atoms with E-state index in [0.29, 0.717) is 13.2 Å². The Balaban J connectivity index is 1.92. The number of rotatable bonds is 5. The molecule has 1 saturated heterocycles. The maximum Gasteiger partial charge on any atom is 0.309 e. The summed E-state index contributed by atoms with van der Waals surface area (Å²) in [5.74, 6) is 0.902. The fourth-order valence-electron chi connectivity index (χ4n) is 2.60. The van der Waals surface area contributed by atoms with Crippen LogP contribution in [0.5, 0.6) is 0 Å². The number of nitrogens with zero attached hydrogens (tertiary/aromatic N) is 2. The Hall–Kier alpha value is -1.08. The van der Waals surface area contributed by atoms with Crippen molar-refractivity contribution in [1.82, 2.24) is 10.2 Å². The third-order valence-electron chi connectivity index (χ3n) is 3.76. The number of hydrogen-bond acceptors (Lipinski definition) is 4. The standard InChI is InChI=1S/C16H24BrN3O2S/c1-3-18-16(19-10-14-9-13(17)11-23-14)20-7-5-12(6-8-20)15(21)22-4-2/h9,11-12H,3-8,10H2,1-2H3,(H,18,19). The lowest BCUT2D eigenvalue weighted by molar-refractivity contribution is -0.149. The van der Waals surface area contributed by atoms with E-state index in [2.05, 4.69) is 44.5 Å². The van der Waals surface area contributed by atoms with E-state index >= 15 is 0 Å². The number of hydrogen-bond donors (Lipinski definition) is 1. The van der Waals surface area contributed by atoms with Crippen LogP contribution in [0.3, 0.4) is 0 Å². The number of halogens is 1. The Kier molecular flexibility index (Phi) is 7.36. The number of guanidine groups is 1. The summed E-state index contributed by atoms with van der Waals surface area (Å²) in [7, 11) is 0. The summed E-state index contributed by atoms with van der Waals surface area (Å²) in [5.41, 5.74) is 0. The van der Waals surface area contributed by atoms with E-state index in [1.165, 1.54) is 4.88 Å². The van der Waals surface area contributed by atoms with Gasteiger partial charge in [0.05, 0.1) is 19.1 Å². The Bertz CT molecular complexity index is 539. The minimum Gasteiger partial charge on any atom is -0.466 e. The topological polar surface area (TPSA) is 53.9 Å². The summed E-state index contributed by atoms with van der Waals surface area (Å²) in [4.78, 5) is 20.0. The van der Waals surface area contributed by atoms with Crippen molar-refractivity contribution in [3.8, 4) is 0 Å². The number of esters is 1. The van der Waals surface area contributed by atoms with Gasteiger partial charge < -0.3 is 15.0 Å². The smallest absolute Gasteiger partial charge is 0.309 e. The van der Waals surface area contributed by atoms with Gasteiger partial charge in [-0.15, -0.1) is 11.3 Å². The van der Waals surface area contributed by atoms with Crippen LogP contribution in [-0.2, 0) is 16.1 Å². The number of aliphatic imine (C=N–C) groups is 1. The van der Waals surface area contributed by atoms with Crippen LogP contribution in [0.15, 0.2) is 20.9 Å². The zero-order chi connectivity index (χ0) is 16.7. The highest BCUT2D eigenvalue weighted by Gasteiger charge is 2.27. The molecule has 23 heavy (non-hydrogen) atoms. The summed E-state index contributed by atoms with van der Waals surface area (Å²) in [6.07, 6.45) is 1.65. The van der Waals surface area contributed by atoms with Crippen LogP contribution in [0.2, 0.25) is 0 Å². The molecule has 0 amide bonds. The van der Waals surface area contributed by atoms with Crippen LogP contribution in [0.4, 0.5) is 0 Å². The van der Waals surface area contributed by atoms with Gasteiger partial charge in [-0.2, -0.15) is 0 Å². The van der Waals surface area contributed by atoms with E-state index in [-0.39, 0.29) is 11.9 Å². The first-order valence-corrected chi connectivity index (χ1v) is 9.74. The molecular weight excluding hydrogens is 378 g/mol. The minimum atomic E-state index is -0.0578. The summed E-state index contributed by atoms with van der Waals surface area (Å²) < 4.78 is 6.23. The molecule has 1 aromatic rings. The number of likely N-dealkylation sites (tertiary alicyclic amines) is 1. The molecule has 0 aromatic carbocycles. The van der Waals surface area contributed by atoms with E-state index in [9.17, 15) is 4.79 Å². The van der Waals surface area contributed by atoms with E-state index in [4.69, 9.17) is 9.73 Å². The van der Waals surface area contributed by atoms with Crippen LogP contribution < -0.4 is 5.32 Å². The summed E-state index contributed by atoms with van der Waals surface area (Å²) in [6, 6.07) is 2.10. The molecule has 0 saturated carbocycles. The number of ether oxygens (including phenoxy) is 1. The third-order valence-corrected chi connectivity index (χ3v) is 5.44. The minimum absolute atomic E-state index is 0.0299. The zero-order valence-electron chi connectivity index (χ0n) is 13.7. The quantitative estimate of drug-likeness (QED) is 0.467. The zero-order valence-corrected chi connectivity index (χ0v) is 16.1. The summed E-state index contributed by atoms with van der Waals surface area (Å²) in [6.45, 7) is 7.57. The maximum absolute atomic E-state index is 11.8. The second-order valence-electron chi connectivity index (χ2n) is 5.41. The number of thiophene rings is 1. The molecule has 0 radical (unpaired) electrons. The van der Waals surface area contributed by atoms with Gasteiger partial charge in [-0.3, -0.25) is 4.79 Å². The lowest BCUT2D eigenvalue weighted by Gasteiger charge is -2.33. The first-order chi connectivity index (χ1) is 11.1. The first-order valence-electron chi connectivity index (χ1n) is 8.06. The van der Waals surface area contributed by atoms with Crippen molar-refractivity contribution in [2.45, 2.75) is 33.2 Å². The third kappa shape index (κ3) is 5.49. The van der Waals surface area contributed by atoms with Crippen LogP contribution in [0, 0.1) is 5.92 Å². The predicted molar refractivity (Wildman–Crippen MR) is 97.8 cm³/mol. The Morgan fingerprint density at radius 1 is 1.48 bits per heavy atom. The molecule has 1 fully saturated rings. The molecule has 0 aliphatic carbocycles. The van der Waals surface area contributed by atoms with E-state index in [1.54, 1.807) is 11.3 Å². The normalized spacial score (nSPS) is 16.5. The molecule has 1 aliphatic rings. The van der Waals surface area contributed by atoms with Crippen molar-refractivity contribution in [3.05, 3.63) is 20.8 Å². The molecule has 7 heteroatoms. The van der Waals surface area contributed by atoms with Gasteiger partial charge in [-0.1, -0.05) is 0 Å². The lowest BCUT2D eigenvalue weighted by atomic mass is 9.97. The number of piperidine rings is 1. The highest BCUT2D eigenvalue weighted by atomic mass is 79.9. The molecular formula is C16H24BrN3O2S. The largest absolute Gasteiger partial charge is 0.466 e. The van der Waals surface area contributed by atoms with Gasteiger partial charge in [0.2, 0.25) is 0 Å². The fraction of sp³-hybridized carbons (Fsp3) is 0.625. The average Bonchev–Trinajstić information content (AvgIpc) is 2.97. The number of carbonyl (C=O) groups excluding carboxylic acids is 1. The number of carbonyl (C=O) groups is 1. The van der Waals surface area contributed by atoms with Gasteiger partial charge in [0.1, 0.15) is 0 Å². The van der Waals surface area contributed by atoms with Crippen molar-refractivity contribution in [2.75, 3.05) is 26.2 Å². The molecule has 0 spiro atoms. The SMILES string of the molecule is CCNC(=NCc1cc(Br)cs1)N1CCC(C(=O)OCC)CC1. The molecule has 0 unspecified atom stereocenters. The van der Waals surface area contributed by atoms with E-state index in [0.717, 1.165) is 42.9 Å². The van der Waals surface area contributed by atoms with Gasteiger partial charge in [0, 0.05) is 34.4 Å². The molecule has 1 aromatic heterocycles. The van der Waals surface area contributed by atoms with Crippen molar-refractivity contribution < 1.29 is 9.53 Å². The van der Waals surface area contributed by atoms with Crippen molar-refractivity contribution in [1.29, 1.82) is 0 Å². The highest BCUT2D eigenvalue weighted by molar-refractivity contribution is 9.10. The molecule has 1 N–H and O–H groups in total. The molecule has 2 rings (SSSR count). The number of nitrogens with one attached hydrogen (secondary N) is 1. The second kappa shape index (κ2) is 9.27. The molecule has 0 atom stereocenters. The highest BCUT2D eigenvalue weighted by Crippen LogP contribution is 2.21. The van der Waals surface area contributed by atoms with Crippen LogP contribution in [0.25, 0.3) is 0 Å². The first kappa shape index (κ1) is 18.3. The fourth-order valence-corrected chi connectivity index (χ4v) is 3.98. The summed E-state index contributed by atoms with van der Waals surface area (Å²) >= 11 is 5.18. The second-order valence-corrected chi connectivity index (χ2v) is 7.33. The van der Waals surface area contributed by atoms with Gasteiger partial charge in [-0.25, -0.2) is 4.99 Å². The Morgan fingerprint density at radius 3 is 2.78 bits per heavy atom. The van der Waals surface area contributed by atoms with Crippen molar-refractivity contribution >= 4 is 39.2 Å². The monoisotopic (exact) mass is 401 g/mol. The predicted octanol–water partition coefficient (Wildman–Crippen LogP) is 3.25. The van der Waals surface area contributed by atoms with Gasteiger partial charge in [-0.05, 0) is 48.7 Å². The van der Waals surface area contributed by atoms with Crippen LogP contribution in [0.1, 0.15) is 31.6 Å². The molecule has 128 valence electrons. The van der Waals surface area contributed by atoms with Gasteiger partial charge >= 0.3 is 5.97 Å². The molecule has 1 aliphatic heterocycles. The molecule has 0 bridgehead atoms. The van der Waals surface area contributed by atoms with Gasteiger partial charge in [0.25, 0.3) is 0 Å². The van der Waals surface area contributed by atoms with Crippen molar-refractivity contribution in [3.63, 3.8) is 0 Å².